The smallest absolute Gasteiger partial charge is 0.319 e. The summed E-state index contributed by atoms with van der Waals surface area (Å²) >= 11 is 3.38. The van der Waals surface area contributed by atoms with Crippen LogP contribution in [0.1, 0.15) is 16.7 Å². The van der Waals surface area contributed by atoms with Crippen molar-refractivity contribution in [2.45, 2.75) is 13.5 Å². The largest absolute Gasteiger partial charge is 0.334 e. The van der Waals surface area contributed by atoms with Gasteiger partial charge < -0.3 is 10.6 Å². The van der Waals surface area contributed by atoms with E-state index in [0.29, 0.717) is 6.54 Å². The molecule has 0 spiro atoms. The van der Waals surface area contributed by atoms with Crippen molar-refractivity contribution in [2.24, 2.45) is 0 Å². The molecule has 2 amide bonds. The van der Waals surface area contributed by atoms with Crippen molar-refractivity contribution in [3.05, 3.63) is 75.9 Å². The van der Waals surface area contributed by atoms with Gasteiger partial charge in [-0.2, -0.15) is 0 Å². The number of nitrogens with one attached hydrogen (secondary N) is 2. The van der Waals surface area contributed by atoms with Crippen LogP contribution in [0.25, 0.3) is 6.08 Å². The molecule has 0 saturated carbocycles. The van der Waals surface area contributed by atoms with E-state index < -0.39 is 0 Å². The number of carbonyl (C=O) groups is 1. The van der Waals surface area contributed by atoms with Gasteiger partial charge in [0.1, 0.15) is 0 Å². The lowest BCUT2D eigenvalue weighted by Crippen LogP contribution is -2.31. The molecule has 2 aromatic rings. The molecule has 3 nitrogen and oxygen atoms in total. The fraction of sp³-hybridized carbons (Fsp3) is 0.118. The van der Waals surface area contributed by atoms with Crippen molar-refractivity contribution in [3.8, 4) is 0 Å². The van der Waals surface area contributed by atoms with Crippen LogP contribution in [-0.4, -0.2) is 6.03 Å². The molecule has 2 N–H and O–H groups in total. The third-order valence-electron chi connectivity index (χ3n) is 2.93. The normalized spacial score (nSPS) is 10.6. The van der Waals surface area contributed by atoms with Crippen LogP contribution in [0.5, 0.6) is 0 Å². The molecule has 0 unspecified atom stereocenters. The average molecular weight is 345 g/mol. The Morgan fingerprint density at radius 3 is 2.43 bits per heavy atom. The van der Waals surface area contributed by atoms with Gasteiger partial charge >= 0.3 is 6.03 Å². The number of hydrogen-bond acceptors (Lipinski definition) is 1. The molecular weight excluding hydrogens is 328 g/mol. The van der Waals surface area contributed by atoms with E-state index in [-0.39, 0.29) is 6.03 Å². The maximum atomic E-state index is 11.6. The highest BCUT2D eigenvalue weighted by Crippen LogP contribution is 2.11. The Morgan fingerprint density at radius 1 is 1.10 bits per heavy atom. The first kappa shape index (κ1) is 15.3. The van der Waals surface area contributed by atoms with Gasteiger partial charge in [0.2, 0.25) is 0 Å². The Kier molecular flexibility index (Phi) is 5.58. The molecule has 0 aliphatic rings. The molecule has 0 atom stereocenters. The molecular formula is C17H17BrN2O. The fourth-order valence-corrected chi connectivity index (χ4v) is 1.99. The highest BCUT2D eigenvalue weighted by atomic mass is 79.9. The fourth-order valence-electron chi connectivity index (χ4n) is 1.73. The van der Waals surface area contributed by atoms with Crippen LogP contribution in [-0.2, 0) is 6.54 Å². The lowest BCUT2D eigenvalue weighted by molar-refractivity contribution is 0.244. The minimum Gasteiger partial charge on any atom is -0.334 e. The summed E-state index contributed by atoms with van der Waals surface area (Å²) in [6.07, 6.45) is 3.48. The number of urea groups is 1. The van der Waals surface area contributed by atoms with E-state index in [9.17, 15) is 4.79 Å². The highest BCUT2D eigenvalue weighted by molar-refractivity contribution is 9.10. The summed E-state index contributed by atoms with van der Waals surface area (Å²) in [5.74, 6) is 0. The van der Waals surface area contributed by atoms with E-state index in [1.54, 1.807) is 6.20 Å². The molecule has 2 rings (SSSR count). The van der Waals surface area contributed by atoms with Crippen molar-refractivity contribution in [3.63, 3.8) is 0 Å². The number of amides is 2. The predicted molar refractivity (Wildman–Crippen MR) is 89.7 cm³/mol. The summed E-state index contributed by atoms with van der Waals surface area (Å²) in [6, 6.07) is 15.7. The van der Waals surface area contributed by atoms with E-state index in [2.05, 4.69) is 26.6 Å². The van der Waals surface area contributed by atoms with E-state index in [1.807, 2.05) is 61.5 Å². The summed E-state index contributed by atoms with van der Waals surface area (Å²) < 4.78 is 1.03. The number of aryl methyl sites for hydroxylation is 1. The lowest BCUT2D eigenvalue weighted by Gasteiger charge is -2.05. The number of benzene rings is 2. The highest BCUT2D eigenvalue weighted by Gasteiger charge is 1.97. The standard InChI is InChI=1S/C17H17BrN2O/c1-13-2-4-15(5-3-13)12-20-17(21)19-11-10-14-6-8-16(18)9-7-14/h2-11H,12H2,1H3,(H2,19,20,21)/b11-10+. The second-order valence-corrected chi connectivity index (χ2v) is 5.61. The van der Waals surface area contributed by atoms with Gasteiger partial charge in [0.25, 0.3) is 0 Å². The number of hydrogen-bond donors (Lipinski definition) is 2. The monoisotopic (exact) mass is 344 g/mol. The van der Waals surface area contributed by atoms with Crippen molar-refractivity contribution in [2.75, 3.05) is 0 Å². The van der Waals surface area contributed by atoms with Crippen LogP contribution in [0.15, 0.2) is 59.2 Å². The van der Waals surface area contributed by atoms with Gasteiger partial charge in [-0.25, -0.2) is 4.79 Å². The Labute approximate surface area is 133 Å². The quantitative estimate of drug-likeness (QED) is 0.856. The molecule has 0 aliphatic heterocycles. The van der Waals surface area contributed by atoms with Gasteiger partial charge in [-0.05, 0) is 36.3 Å². The molecule has 0 fully saturated rings. The van der Waals surface area contributed by atoms with E-state index in [1.165, 1.54) is 5.56 Å². The Balaban J connectivity index is 1.77. The Hall–Kier alpha value is -2.07. The molecule has 0 saturated heterocycles. The zero-order chi connectivity index (χ0) is 15.1. The number of rotatable bonds is 4. The van der Waals surface area contributed by atoms with Gasteiger partial charge in [-0.15, -0.1) is 0 Å². The summed E-state index contributed by atoms with van der Waals surface area (Å²) in [4.78, 5) is 11.6. The zero-order valence-corrected chi connectivity index (χ0v) is 13.4. The minimum atomic E-state index is -0.219. The molecule has 4 heteroatoms. The minimum absolute atomic E-state index is 0.219. The number of halogens is 1. The summed E-state index contributed by atoms with van der Waals surface area (Å²) in [5.41, 5.74) is 3.31. The van der Waals surface area contributed by atoms with Crippen molar-refractivity contribution in [1.29, 1.82) is 0 Å². The predicted octanol–water partition coefficient (Wildman–Crippen LogP) is 4.23. The lowest BCUT2D eigenvalue weighted by atomic mass is 10.1. The van der Waals surface area contributed by atoms with Gasteiger partial charge in [0.15, 0.2) is 0 Å². The molecule has 0 heterocycles. The van der Waals surface area contributed by atoms with Crippen molar-refractivity contribution >= 4 is 28.0 Å². The Morgan fingerprint density at radius 2 is 1.76 bits per heavy atom. The third kappa shape index (κ3) is 5.44. The van der Waals surface area contributed by atoms with Gasteiger partial charge in [-0.1, -0.05) is 57.9 Å². The maximum Gasteiger partial charge on any atom is 0.319 e. The zero-order valence-electron chi connectivity index (χ0n) is 11.8. The van der Waals surface area contributed by atoms with Gasteiger partial charge in [-0.3, -0.25) is 0 Å². The van der Waals surface area contributed by atoms with E-state index >= 15 is 0 Å². The average Bonchev–Trinajstić information content (AvgIpc) is 2.49. The van der Waals surface area contributed by atoms with E-state index in [4.69, 9.17) is 0 Å². The molecule has 108 valence electrons. The Bertz CT molecular complexity index is 618. The number of carbonyl (C=O) groups excluding carboxylic acids is 1. The first-order valence-electron chi connectivity index (χ1n) is 6.65. The van der Waals surface area contributed by atoms with Crippen LogP contribution >= 0.6 is 15.9 Å². The van der Waals surface area contributed by atoms with Crippen LogP contribution < -0.4 is 10.6 Å². The summed E-state index contributed by atoms with van der Waals surface area (Å²) in [7, 11) is 0. The van der Waals surface area contributed by atoms with Crippen LogP contribution in [0.3, 0.4) is 0 Å². The summed E-state index contributed by atoms with van der Waals surface area (Å²) in [6.45, 7) is 2.55. The second-order valence-electron chi connectivity index (χ2n) is 4.70. The first-order valence-corrected chi connectivity index (χ1v) is 7.45. The van der Waals surface area contributed by atoms with Crippen molar-refractivity contribution in [1.82, 2.24) is 10.6 Å². The molecule has 0 radical (unpaired) electrons. The maximum absolute atomic E-state index is 11.6. The van der Waals surface area contributed by atoms with Crippen molar-refractivity contribution < 1.29 is 4.79 Å². The topological polar surface area (TPSA) is 41.1 Å². The molecule has 0 aliphatic carbocycles. The SMILES string of the molecule is Cc1ccc(CNC(=O)N/C=C/c2ccc(Br)cc2)cc1. The van der Waals surface area contributed by atoms with Crippen LogP contribution in [0.2, 0.25) is 0 Å². The van der Waals surface area contributed by atoms with Crippen LogP contribution in [0.4, 0.5) is 4.79 Å². The molecule has 21 heavy (non-hydrogen) atoms. The molecule has 2 aromatic carbocycles. The van der Waals surface area contributed by atoms with Crippen LogP contribution in [0, 0.1) is 6.92 Å². The summed E-state index contributed by atoms with van der Waals surface area (Å²) in [5, 5.41) is 5.49. The molecule has 0 aromatic heterocycles. The molecule has 0 bridgehead atoms. The first-order chi connectivity index (χ1) is 10.1. The third-order valence-corrected chi connectivity index (χ3v) is 3.46. The van der Waals surface area contributed by atoms with Gasteiger partial charge in [0.05, 0.1) is 0 Å². The van der Waals surface area contributed by atoms with E-state index in [0.717, 1.165) is 15.6 Å². The van der Waals surface area contributed by atoms with Gasteiger partial charge in [0, 0.05) is 17.2 Å². The second kappa shape index (κ2) is 7.64.